The van der Waals surface area contributed by atoms with Crippen LogP contribution in [0.15, 0.2) is 4.99 Å². The average molecular weight is 333 g/mol. The van der Waals surface area contributed by atoms with Crippen LogP contribution in [0.5, 0.6) is 0 Å². The number of aliphatic imine (C=N–C) groups is 1. The minimum absolute atomic E-state index is 0.129. The van der Waals surface area contributed by atoms with E-state index in [1.165, 1.54) is 17.3 Å². The van der Waals surface area contributed by atoms with Crippen molar-refractivity contribution < 1.29 is 23.5 Å². The molecule has 0 radical (unpaired) electrons. The summed E-state index contributed by atoms with van der Waals surface area (Å²) in [5, 5.41) is 0. The summed E-state index contributed by atoms with van der Waals surface area (Å²) < 4.78 is 27.8. The van der Waals surface area contributed by atoms with E-state index < -0.39 is 29.6 Å². The van der Waals surface area contributed by atoms with Gasteiger partial charge in [-0.2, -0.15) is 0 Å². The van der Waals surface area contributed by atoms with Gasteiger partial charge < -0.3 is 0 Å². The molecule has 0 bridgehead atoms. The number of esters is 1. The topological polar surface area (TPSA) is 111 Å². The molecule has 0 saturated carbocycles. The molecule has 0 saturated heterocycles. The summed E-state index contributed by atoms with van der Waals surface area (Å²) in [7, 11) is 0.473. The van der Waals surface area contributed by atoms with Gasteiger partial charge in [-0.15, -0.1) is 0 Å². The SMILES string of the molecule is CC(C)(C)OC(=O)C(CCSCC(NF)C(N)=O)N=CB=O. The molecule has 22 heavy (non-hydrogen) atoms. The van der Waals surface area contributed by atoms with Crippen LogP contribution >= 0.6 is 11.8 Å². The van der Waals surface area contributed by atoms with Crippen LogP contribution < -0.4 is 11.3 Å². The Kier molecular flexibility index (Phi) is 9.83. The summed E-state index contributed by atoms with van der Waals surface area (Å²) in [6.07, 6.45) is 1.29. The average Bonchev–Trinajstić information content (AvgIpc) is 2.39. The zero-order valence-corrected chi connectivity index (χ0v) is 13.7. The second-order valence-corrected chi connectivity index (χ2v) is 6.56. The van der Waals surface area contributed by atoms with Gasteiger partial charge in [0.25, 0.3) is 0 Å². The molecule has 0 aliphatic heterocycles. The summed E-state index contributed by atoms with van der Waals surface area (Å²) in [5.74, 6) is -0.783. The summed E-state index contributed by atoms with van der Waals surface area (Å²) in [4.78, 5) is 26.6. The van der Waals surface area contributed by atoms with Crippen molar-refractivity contribution in [2.24, 2.45) is 10.7 Å². The first-order valence-electron chi connectivity index (χ1n) is 6.64. The van der Waals surface area contributed by atoms with E-state index in [9.17, 15) is 18.8 Å². The Morgan fingerprint density at radius 2 is 2.14 bits per heavy atom. The number of hydrogen-bond donors (Lipinski definition) is 2. The van der Waals surface area contributed by atoms with Gasteiger partial charge >= 0.3 is 133 Å². The molecule has 124 valence electrons. The number of nitrogens with two attached hydrogens (primary N) is 1. The predicted octanol–water partition coefficient (Wildman–Crippen LogP) is 0.226. The molecule has 0 heterocycles. The monoisotopic (exact) mass is 333 g/mol. The summed E-state index contributed by atoms with van der Waals surface area (Å²) in [6, 6.07) is -1.90. The zero-order valence-electron chi connectivity index (χ0n) is 12.9. The van der Waals surface area contributed by atoms with Crippen LogP contribution in [0.3, 0.4) is 0 Å². The number of nitrogens with one attached hydrogen (secondary N) is 1. The second-order valence-electron chi connectivity index (χ2n) is 5.41. The minimum atomic E-state index is -1.08. The van der Waals surface area contributed by atoms with Crippen molar-refractivity contribution in [3.63, 3.8) is 0 Å². The van der Waals surface area contributed by atoms with Crippen LogP contribution in [0.4, 0.5) is 4.48 Å². The summed E-state index contributed by atoms with van der Waals surface area (Å²) in [5.41, 5.74) is 5.64. The van der Waals surface area contributed by atoms with Crippen molar-refractivity contribution in [2.45, 2.75) is 44.9 Å². The van der Waals surface area contributed by atoms with Gasteiger partial charge in [0.1, 0.15) is 0 Å². The van der Waals surface area contributed by atoms with Crippen molar-refractivity contribution in [3.05, 3.63) is 0 Å². The number of amides is 1. The molecule has 2 atom stereocenters. The van der Waals surface area contributed by atoms with Crippen molar-refractivity contribution >= 4 is 36.9 Å². The van der Waals surface area contributed by atoms with Crippen LogP contribution in [-0.4, -0.2) is 54.3 Å². The number of carbonyl (C=O) groups is 2. The van der Waals surface area contributed by atoms with E-state index in [-0.39, 0.29) is 5.75 Å². The molecule has 3 N–H and O–H groups in total. The van der Waals surface area contributed by atoms with Crippen molar-refractivity contribution in [1.82, 2.24) is 5.54 Å². The van der Waals surface area contributed by atoms with E-state index >= 15 is 0 Å². The molecule has 0 aliphatic rings. The maximum atomic E-state index is 12.3. The number of nitrogens with zero attached hydrogens (tertiary/aromatic N) is 1. The van der Waals surface area contributed by atoms with E-state index in [0.717, 1.165) is 6.11 Å². The molecule has 10 heteroatoms. The third-order valence-corrected chi connectivity index (χ3v) is 3.39. The fourth-order valence-corrected chi connectivity index (χ4v) is 2.35. The van der Waals surface area contributed by atoms with Gasteiger partial charge in [0.05, 0.1) is 0 Å². The Balaban J connectivity index is 4.43. The van der Waals surface area contributed by atoms with Crippen molar-refractivity contribution in [3.8, 4) is 0 Å². The Morgan fingerprint density at radius 3 is 2.59 bits per heavy atom. The van der Waals surface area contributed by atoms with Crippen LogP contribution in [0.1, 0.15) is 27.2 Å². The van der Waals surface area contributed by atoms with E-state index in [0.29, 0.717) is 19.3 Å². The first-order valence-corrected chi connectivity index (χ1v) is 7.79. The fraction of sp³-hybridized carbons (Fsp3) is 0.750. The number of halogens is 1. The number of rotatable bonds is 10. The van der Waals surface area contributed by atoms with E-state index in [4.69, 9.17) is 10.5 Å². The Hall–Kier alpha value is -1.29. The maximum absolute atomic E-state index is 12.3. The van der Waals surface area contributed by atoms with E-state index in [1.807, 2.05) is 0 Å². The third kappa shape index (κ3) is 9.61. The molecule has 0 aromatic heterocycles. The van der Waals surface area contributed by atoms with Gasteiger partial charge in [0.15, 0.2) is 0 Å². The van der Waals surface area contributed by atoms with Gasteiger partial charge in [0, 0.05) is 0 Å². The van der Waals surface area contributed by atoms with E-state index in [1.54, 1.807) is 20.8 Å². The first-order chi connectivity index (χ1) is 10.2. The molecule has 2 unspecified atom stereocenters. The molecular formula is C12H21BFN3O4S. The molecule has 0 spiro atoms. The van der Waals surface area contributed by atoms with Crippen LogP contribution in [0.25, 0.3) is 0 Å². The standard InChI is InChI=1S/C12H21BFN3O4S/c1-12(2,3)21-11(19)8(16-7-13-20)4-5-22-6-9(17-14)10(15)18/h7-9,17H,4-6H2,1-3H3,(H2,15,18). The molecule has 0 aliphatic carbocycles. The predicted molar refractivity (Wildman–Crippen MR) is 83.7 cm³/mol. The van der Waals surface area contributed by atoms with Gasteiger partial charge in [0.2, 0.25) is 0 Å². The summed E-state index contributed by atoms with van der Waals surface area (Å²) >= 11 is 1.24. The second kappa shape index (κ2) is 10.4. The van der Waals surface area contributed by atoms with Gasteiger partial charge in [-0.05, 0) is 0 Å². The van der Waals surface area contributed by atoms with Crippen LogP contribution in [0.2, 0.25) is 0 Å². The first kappa shape index (κ1) is 20.7. The molecule has 7 nitrogen and oxygen atoms in total. The number of primary amides is 1. The van der Waals surface area contributed by atoms with Gasteiger partial charge in [-0.3, -0.25) is 0 Å². The number of ether oxygens (including phenoxy) is 1. The van der Waals surface area contributed by atoms with Gasteiger partial charge in [-0.25, -0.2) is 0 Å². The molecule has 0 rings (SSSR count). The molecule has 0 aromatic carbocycles. The number of carbonyl (C=O) groups excluding carboxylic acids is 2. The summed E-state index contributed by atoms with van der Waals surface area (Å²) in [6.45, 7) is 5.18. The zero-order chi connectivity index (χ0) is 17.2. The molecule has 1 amide bonds. The van der Waals surface area contributed by atoms with Gasteiger partial charge in [-0.1, -0.05) is 0 Å². The number of hydrogen-bond acceptors (Lipinski definition) is 7. The third-order valence-electron chi connectivity index (χ3n) is 2.30. The Bertz CT molecular complexity index is 418. The van der Waals surface area contributed by atoms with Crippen molar-refractivity contribution in [2.75, 3.05) is 11.5 Å². The van der Waals surface area contributed by atoms with Crippen LogP contribution in [0, 0.1) is 0 Å². The Morgan fingerprint density at radius 1 is 1.50 bits per heavy atom. The molecule has 0 fully saturated rings. The molecule has 0 aromatic rings. The van der Waals surface area contributed by atoms with Crippen molar-refractivity contribution in [1.29, 1.82) is 0 Å². The molecular weight excluding hydrogens is 312 g/mol. The number of thioether (sulfide) groups is 1. The fourth-order valence-electron chi connectivity index (χ4n) is 1.33. The van der Waals surface area contributed by atoms with E-state index in [2.05, 4.69) is 4.99 Å². The Labute approximate surface area is 133 Å². The van der Waals surface area contributed by atoms with Crippen LogP contribution in [-0.2, 0) is 19.0 Å². The quantitative estimate of drug-likeness (QED) is 0.195. The normalized spacial score (nSPS) is 14.4.